The van der Waals surface area contributed by atoms with Crippen LogP contribution in [0.3, 0.4) is 0 Å². The first kappa shape index (κ1) is 13.6. The quantitative estimate of drug-likeness (QED) is 0.877. The number of nitrogens with zero attached hydrogens (tertiary/aromatic N) is 1. The Morgan fingerprint density at radius 2 is 1.26 bits per heavy atom. The lowest BCUT2D eigenvalue weighted by atomic mass is 10.0. The van der Waals surface area contributed by atoms with E-state index in [2.05, 4.69) is 43.0 Å². The standard InChI is InChI=1S/C17H21NO/c1-14(2)17(13-19)18(15-9-5-3-6-10-15)16-11-7-4-8-12-16/h3-12,14,17,19H,13H2,1-2H3/t17-/m0/s1. The van der Waals surface area contributed by atoms with Gasteiger partial charge in [-0.1, -0.05) is 50.2 Å². The maximum absolute atomic E-state index is 9.75. The zero-order chi connectivity index (χ0) is 13.7. The van der Waals surface area contributed by atoms with Crippen LogP contribution in [0.5, 0.6) is 0 Å². The van der Waals surface area contributed by atoms with E-state index < -0.39 is 0 Å². The third kappa shape index (κ3) is 3.15. The maximum atomic E-state index is 9.75. The molecule has 0 saturated heterocycles. The molecule has 0 spiro atoms. The molecule has 0 heterocycles. The Balaban J connectivity index is 2.45. The summed E-state index contributed by atoms with van der Waals surface area (Å²) in [6.07, 6.45) is 0. The molecule has 2 heteroatoms. The van der Waals surface area contributed by atoms with Crippen LogP contribution < -0.4 is 4.90 Å². The number of anilines is 2. The molecule has 2 nitrogen and oxygen atoms in total. The largest absolute Gasteiger partial charge is 0.394 e. The van der Waals surface area contributed by atoms with E-state index in [-0.39, 0.29) is 12.6 Å². The van der Waals surface area contributed by atoms with Gasteiger partial charge in [0.05, 0.1) is 12.6 Å². The number of para-hydroxylation sites is 2. The maximum Gasteiger partial charge on any atom is 0.0641 e. The second kappa shape index (κ2) is 6.39. The highest BCUT2D eigenvalue weighted by molar-refractivity contribution is 5.64. The van der Waals surface area contributed by atoms with Gasteiger partial charge in [0.2, 0.25) is 0 Å². The number of benzene rings is 2. The van der Waals surface area contributed by atoms with E-state index in [1.165, 1.54) is 0 Å². The summed E-state index contributed by atoms with van der Waals surface area (Å²) in [7, 11) is 0. The van der Waals surface area contributed by atoms with Gasteiger partial charge < -0.3 is 10.0 Å². The molecule has 0 amide bonds. The van der Waals surface area contributed by atoms with E-state index in [0.29, 0.717) is 5.92 Å². The zero-order valence-electron chi connectivity index (χ0n) is 11.5. The minimum Gasteiger partial charge on any atom is -0.394 e. The number of aliphatic hydroxyl groups is 1. The van der Waals surface area contributed by atoms with Crippen molar-refractivity contribution in [2.75, 3.05) is 11.5 Å². The van der Waals surface area contributed by atoms with Crippen LogP contribution in [0.4, 0.5) is 11.4 Å². The molecule has 2 aromatic carbocycles. The third-order valence-electron chi connectivity index (χ3n) is 3.36. The van der Waals surface area contributed by atoms with E-state index in [4.69, 9.17) is 0 Å². The van der Waals surface area contributed by atoms with E-state index in [1.807, 2.05) is 36.4 Å². The van der Waals surface area contributed by atoms with Gasteiger partial charge in [-0.15, -0.1) is 0 Å². The second-order valence-corrected chi connectivity index (χ2v) is 5.04. The summed E-state index contributed by atoms with van der Waals surface area (Å²) < 4.78 is 0. The SMILES string of the molecule is CC(C)[C@H](CO)N(c1ccccc1)c1ccccc1. The topological polar surface area (TPSA) is 23.5 Å². The van der Waals surface area contributed by atoms with E-state index >= 15 is 0 Å². The van der Waals surface area contributed by atoms with Gasteiger partial charge in [0, 0.05) is 11.4 Å². The molecule has 2 rings (SSSR count). The molecule has 0 aliphatic rings. The second-order valence-electron chi connectivity index (χ2n) is 5.04. The van der Waals surface area contributed by atoms with Crippen molar-refractivity contribution < 1.29 is 5.11 Å². The van der Waals surface area contributed by atoms with Crippen LogP contribution in [-0.2, 0) is 0 Å². The summed E-state index contributed by atoms with van der Waals surface area (Å²) in [5.74, 6) is 0.366. The van der Waals surface area contributed by atoms with Crippen molar-refractivity contribution >= 4 is 11.4 Å². The van der Waals surface area contributed by atoms with Gasteiger partial charge in [-0.05, 0) is 30.2 Å². The van der Waals surface area contributed by atoms with Gasteiger partial charge >= 0.3 is 0 Å². The molecule has 2 aromatic rings. The van der Waals surface area contributed by atoms with Gasteiger partial charge in [0.1, 0.15) is 0 Å². The Kier molecular flexibility index (Phi) is 4.58. The van der Waals surface area contributed by atoms with Crippen molar-refractivity contribution in [1.82, 2.24) is 0 Å². The van der Waals surface area contributed by atoms with Gasteiger partial charge in [-0.2, -0.15) is 0 Å². The summed E-state index contributed by atoms with van der Waals surface area (Å²) in [5.41, 5.74) is 2.22. The van der Waals surface area contributed by atoms with Crippen LogP contribution in [0.25, 0.3) is 0 Å². The molecule has 0 unspecified atom stereocenters. The van der Waals surface area contributed by atoms with Crippen LogP contribution in [0, 0.1) is 5.92 Å². The van der Waals surface area contributed by atoms with Gasteiger partial charge in [-0.3, -0.25) is 0 Å². The first-order chi connectivity index (χ1) is 9.24. The fourth-order valence-corrected chi connectivity index (χ4v) is 2.30. The van der Waals surface area contributed by atoms with E-state index in [1.54, 1.807) is 0 Å². The molecule has 1 atom stereocenters. The van der Waals surface area contributed by atoms with Crippen LogP contribution in [0.15, 0.2) is 60.7 Å². The van der Waals surface area contributed by atoms with Crippen molar-refractivity contribution in [3.05, 3.63) is 60.7 Å². The number of rotatable bonds is 5. The Morgan fingerprint density at radius 3 is 1.58 bits per heavy atom. The lowest BCUT2D eigenvalue weighted by Crippen LogP contribution is -2.38. The highest BCUT2D eigenvalue weighted by Crippen LogP contribution is 2.29. The third-order valence-corrected chi connectivity index (χ3v) is 3.36. The minimum atomic E-state index is 0.0739. The molecule has 19 heavy (non-hydrogen) atoms. The van der Waals surface area contributed by atoms with E-state index in [0.717, 1.165) is 11.4 Å². The Morgan fingerprint density at radius 1 is 0.842 bits per heavy atom. The zero-order valence-corrected chi connectivity index (χ0v) is 11.5. The molecule has 0 aliphatic carbocycles. The van der Waals surface area contributed by atoms with Crippen molar-refractivity contribution in [2.24, 2.45) is 5.92 Å². The van der Waals surface area contributed by atoms with Gasteiger partial charge in [0.15, 0.2) is 0 Å². The molecule has 0 aromatic heterocycles. The molecule has 1 N–H and O–H groups in total. The monoisotopic (exact) mass is 255 g/mol. The first-order valence-electron chi connectivity index (χ1n) is 6.74. The van der Waals surface area contributed by atoms with Crippen LogP contribution in [0.2, 0.25) is 0 Å². The molecular weight excluding hydrogens is 234 g/mol. The van der Waals surface area contributed by atoms with Crippen molar-refractivity contribution in [1.29, 1.82) is 0 Å². The summed E-state index contributed by atoms with van der Waals surface area (Å²) >= 11 is 0. The lowest BCUT2D eigenvalue weighted by molar-refractivity contribution is 0.237. The van der Waals surface area contributed by atoms with Crippen molar-refractivity contribution in [3.63, 3.8) is 0 Å². The first-order valence-corrected chi connectivity index (χ1v) is 6.74. The molecular formula is C17H21NO. The highest BCUT2D eigenvalue weighted by Gasteiger charge is 2.22. The summed E-state index contributed by atoms with van der Waals surface area (Å²) in [5, 5.41) is 9.75. The number of hydrogen-bond donors (Lipinski definition) is 1. The average Bonchev–Trinajstić information content (AvgIpc) is 2.46. The fraction of sp³-hybridized carbons (Fsp3) is 0.294. The van der Waals surface area contributed by atoms with Crippen molar-refractivity contribution in [3.8, 4) is 0 Å². The summed E-state index contributed by atoms with van der Waals surface area (Å²) in [6, 6.07) is 20.5. The molecule has 0 bridgehead atoms. The van der Waals surface area contributed by atoms with E-state index in [9.17, 15) is 5.11 Å². The Hall–Kier alpha value is -1.80. The van der Waals surface area contributed by atoms with Gasteiger partial charge in [0.25, 0.3) is 0 Å². The normalized spacial score (nSPS) is 12.4. The molecule has 100 valence electrons. The molecule has 0 fully saturated rings. The smallest absolute Gasteiger partial charge is 0.0641 e. The number of hydrogen-bond acceptors (Lipinski definition) is 2. The van der Waals surface area contributed by atoms with Crippen LogP contribution in [0.1, 0.15) is 13.8 Å². The summed E-state index contributed by atoms with van der Waals surface area (Å²) in [4.78, 5) is 2.21. The Bertz CT molecular complexity index is 442. The van der Waals surface area contributed by atoms with Crippen molar-refractivity contribution in [2.45, 2.75) is 19.9 Å². The minimum absolute atomic E-state index is 0.0739. The predicted molar refractivity (Wildman–Crippen MR) is 80.7 cm³/mol. The lowest BCUT2D eigenvalue weighted by Gasteiger charge is -2.35. The summed E-state index contributed by atoms with van der Waals surface area (Å²) in [6.45, 7) is 4.42. The molecule has 0 saturated carbocycles. The molecule has 0 aliphatic heterocycles. The number of aliphatic hydroxyl groups excluding tert-OH is 1. The molecule has 0 radical (unpaired) electrons. The van der Waals surface area contributed by atoms with Crippen LogP contribution in [-0.4, -0.2) is 17.8 Å². The average molecular weight is 255 g/mol. The highest BCUT2D eigenvalue weighted by atomic mass is 16.3. The predicted octanol–water partition coefficient (Wildman–Crippen LogP) is 3.84. The van der Waals surface area contributed by atoms with Gasteiger partial charge in [-0.25, -0.2) is 0 Å². The van der Waals surface area contributed by atoms with Crippen LogP contribution >= 0.6 is 0 Å². The fourth-order valence-electron chi connectivity index (χ4n) is 2.30. The Labute approximate surface area is 115 Å².